The number of aryl methyl sites for hydroxylation is 1. The van der Waals surface area contributed by atoms with Gasteiger partial charge in [0.25, 0.3) is 0 Å². The molecule has 2 rings (SSSR count). The first-order chi connectivity index (χ1) is 11.5. The summed E-state index contributed by atoms with van der Waals surface area (Å²) in [5.74, 6) is 0.863. The minimum Gasteiger partial charge on any atom is -0.356 e. The SMILES string of the molecule is Cc1ccc(C(=O)CCC(=O)NCCCN2CCC(C)CC2)cc1. The van der Waals surface area contributed by atoms with Crippen LogP contribution < -0.4 is 5.32 Å². The number of hydrogen-bond donors (Lipinski definition) is 1. The van der Waals surface area contributed by atoms with Crippen molar-refractivity contribution in [3.8, 4) is 0 Å². The van der Waals surface area contributed by atoms with Crippen molar-refractivity contribution in [3.63, 3.8) is 0 Å². The van der Waals surface area contributed by atoms with Gasteiger partial charge in [0.1, 0.15) is 0 Å². The van der Waals surface area contributed by atoms with Crippen LogP contribution in [-0.4, -0.2) is 42.8 Å². The van der Waals surface area contributed by atoms with E-state index in [1.54, 1.807) is 0 Å². The molecular weight excluding hydrogens is 300 g/mol. The number of nitrogens with one attached hydrogen (secondary N) is 1. The summed E-state index contributed by atoms with van der Waals surface area (Å²) in [5.41, 5.74) is 1.82. The van der Waals surface area contributed by atoms with E-state index in [4.69, 9.17) is 0 Å². The van der Waals surface area contributed by atoms with Crippen LogP contribution in [0.5, 0.6) is 0 Å². The van der Waals surface area contributed by atoms with E-state index in [1.165, 1.54) is 25.9 Å². The van der Waals surface area contributed by atoms with E-state index in [-0.39, 0.29) is 24.5 Å². The summed E-state index contributed by atoms with van der Waals surface area (Å²) in [6, 6.07) is 7.51. The van der Waals surface area contributed by atoms with Crippen molar-refractivity contribution in [1.29, 1.82) is 0 Å². The average Bonchev–Trinajstić information content (AvgIpc) is 2.59. The molecule has 4 heteroatoms. The minimum atomic E-state index is -0.0253. The molecule has 1 saturated heterocycles. The number of carbonyl (C=O) groups excluding carboxylic acids is 2. The molecule has 4 nitrogen and oxygen atoms in total. The average molecular weight is 330 g/mol. The van der Waals surface area contributed by atoms with Crippen LogP contribution in [0.25, 0.3) is 0 Å². The van der Waals surface area contributed by atoms with E-state index in [9.17, 15) is 9.59 Å². The minimum absolute atomic E-state index is 0.0253. The zero-order chi connectivity index (χ0) is 17.4. The Kier molecular flexibility index (Phi) is 7.44. The van der Waals surface area contributed by atoms with Crippen LogP contribution in [-0.2, 0) is 4.79 Å². The van der Waals surface area contributed by atoms with Gasteiger partial charge in [-0.25, -0.2) is 0 Å². The molecule has 0 spiro atoms. The Bertz CT molecular complexity index is 531. The van der Waals surface area contributed by atoms with Gasteiger partial charge in [0.2, 0.25) is 5.91 Å². The van der Waals surface area contributed by atoms with Crippen LogP contribution in [0.4, 0.5) is 0 Å². The molecule has 1 N–H and O–H groups in total. The maximum absolute atomic E-state index is 12.0. The Morgan fingerprint density at radius 3 is 2.46 bits per heavy atom. The highest BCUT2D eigenvalue weighted by Crippen LogP contribution is 2.15. The summed E-state index contributed by atoms with van der Waals surface area (Å²) in [7, 11) is 0. The van der Waals surface area contributed by atoms with Crippen molar-refractivity contribution in [2.75, 3.05) is 26.2 Å². The largest absolute Gasteiger partial charge is 0.356 e. The Balaban J connectivity index is 1.56. The third kappa shape index (κ3) is 6.44. The third-order valence-electron chi connectivity index (χ3n) is 4.80. The molecule has 0 aliphatic carbocycles. The van der Waals surface area contributed by atoms with Gasteiger partial charge in [-0.15, -0.1) is 0 Å². The van der Waals surface area contributed by atoms with Crippen LogP contribution >= 0.6 is 0 Å². The molecule has 0 atom stereocenters. The fraction of sp³-hybridized carbons (Fsp3) is 0.600. The van der Waals surface area contributed by atoms with Crippen LogP contribution in [0.2, 0.25) is 0 Å². The molecule has 0 aromatic heterocycles. The molecule has 0 unspecified atom stereocenters. The van der Waals surface area contributed by atoms with Crippen LogP contribution in [0, 0.1) is 12.8 Å². The van der Waals surface area contributed by atoms with Gasteiger partial charge in [-0.3, -0.25) is 9.59 Å². The fourth-order valence-corrected chi connectivity index (χ4v) is 3.02. The first-order valence-electron chi connectivity index (χ1n) is 9.13. The topological polar surface area (TPSA) is 49.4 Å². The molecule has 0 radical (unpaired) electrons. The lowest BCUT2D eigenvalue weighted by atomic mass is 9.99. The number of carbonyl (C=O) groups is 2. The van der Waals surface area contributed by atoms with E-state index >= 15 is 0 Å². The molecule has 0 bridgehead atoms. The maximum Gasteiger partial charge on any atom is 0.220 e. The predicted octanol–water partition coefficient (Wildman–Crippen LogP) is 3.20. The van der Waals surface area contributed by atoms with Crippen molar-refractivity contribution in [3.05, 3.63) is 35.4 Å². The van der Waals surface area contributed by atoms with Crippen LogP contribution in [0.15, 0.2) is 24.3 Å². The lowest BCUT2D eigenvalue weighted by Crippen LogP contribution is -2.35. The molecular formula is C20H30N2O2. The molecule has 24 heavy (non-hydrogen) atoms. The number of nitrogens with zero attached hydrogens (tertiary/aromatic N) is 1. The highest BCUT2D eigenvalue weighted by Gasteiger charge is 2.15. The van der Waals surface area contributed by atoms with Crippen molar-refractivity contribution < 1.29 is 9.59 Å². The number of amides is 1. The predicted molar refractivity (Wildman–Crippen MR) is 97.2 cm³/mol. The van der Waals surface area contributed by atoms with Gasteiger partial charge in [-0.05, 0) is 51.7 Å². The van der Waals surface area contributed by atoms with Crippen molar-refractivity contribution in [2.45, 2.75) is 46.0 Å². The Morgan fingerprint density at radius 1 is 1.12 bits per heavy atom. The summed E-state index contributed by atoms with van der Waals surface area (Å²) < 4.78 is 0. The van der Waals surface area contributed by atoms with Gasteiger partial charge in [0, 0.05) is 24.9 Å². The Hall–Kier alpha value is -1.68. The second-order valence-corrected chi connectivity index (χ2v) is 7.02. The fourth-order valence-electron chi connectivity index (χ4n) is 3.02. The van der Waals surface area contributed by atoms with Gasteiger partial charge < -0.3 is 10.2 Å². The number of hydrogen-bond acceptors (Lipinski definition) is 3. The number of ketones is 1. The van der Waals surface area contributed by atoms with Gasteiger partial charge in [0.05, 0.1) is 0 Å². The van der Waals surface area contributed by atoms with E-state index < -0.39 is 0 Å². The molecule has 1 heterocycles. The van der Waals surface area contributed by atoms with E-state index in [1.807, 2.05) is 31.2 Å². The van der Waals surface area contributed by atoms with Crippen molar-refractivity contribution in [1.82, 2.24) is 10.2 Å². The second kappa shape index (κ2) is 9.58. The van der Waals surface area contributed by atoms with E-state index in [0.717, 1.165) is 24.4 Å². The van der Waals surface area contributed by atoms with E-state index in [2.05, 4.69) is 17.1 Å². The summed E-state index contributed by atoms with van der Waals surface area (Å²) in [6.45, 7) is 8.42. The monoisotopic (exact) mass is 330 g/mol. The van der Waals surface area contributed by atoms with Gasteiger partial charge in [-0.1, -0.05) is 36.8 Å². The third-order valence-corrected chi connectivity index (χ3v) is 4.80. The Morgan fingerprint density at radius 2 is 1.79 bits per heavy atom. The van der Waals surface area contributed by atoms with E-state index in [0.29, 0.717) is 12.1 Å². The molecule has 1 aromatic carbocycles. The standard InChI is InChI=1S/C20H30N2O2/c1-16-4-6-18(7-5-16)19(23)8-9-20(24)21-12-3-13-22-14-10-17(2)11-15-22/h4-7,17H,3,8-15H2,1-2H3,(H,21,24). The molecule has 1 aromatic rings. The summed E-state index contributed by atoms with van der Waals surface area (Å²) in [5, 5.41) is 2.93. The van der Waals surface area contributed by atoms with Crippen LogP contribution in [0.1, 0.15) is 54.9 Å². The number of Topliss-reactive ketones (excluding diaryl/α,β-unsaturated/α-hetero) is 1. The number of piperidine rings is 1. The Labute approximate surface area is 145 Å². The number of likely N-dealkylation sites (tertiary alicyclic amines) is 1. The second-order valence-electron chi connectivity index (χ2n) is 7.02. The molecule has 1 aliphatic heterocycles. The molecule has 132 valence electrons. The zero-order valence-electron chi connectivity index (χ0n) is 15.0. The highest BCUT2D eigenvalue weighted by atomic mass is 16.2. The lowest BCUT2D eigenvalue weighted by Gasteiger charge is -2.30. The van der Waals surface area contributed by atoms with Crippen LogP contribution in [0.3, 0.4) is 0 Å². The van der Waals surface area contributed by atoms with Crippen molar-refractivity contribution >= 4 is 11.7 Å². The van der Waals surface area contributed by atoms with Crippen molar-refractivity contribution in [2.24, 2.45) is 5.92 Å². The summed E-state index contributed by atoms with van der Waals surface area (Å²) >= 11 is 0. The lowest BCUT2D eigenvalue weighted by molar-refractivity contribution is -0.121. The first-order valence-corrected chi connectivity index (χ1v) is 9.13. The normalized spacial score (nSPS) is 16.1. The number of rotatable bonds is 8. The maximum atomic E-state index is 12.0. The number of benzene rings is 1. The molecule has 1 fully saturated rings. The summed E-state index contributed by atoms with van der Waals surface area (Å²) in [6.07, 6.45) is 4.10. The van der Waals surface area contributed by atoms with Gasteiger partial charge in [-0.2, -0.15) is 0 Å². The van der Waals surface area contributed by atoms with Gasteiger partial charge in [0.15, 0.2) is 5.78 Å². The molecule has 1 amide bonds. The zero-order valence-corrected chi connectivity index (χ0v) is 15.0. The molecule has 0 saturated carbocycles. The molecule has 1 aliphatic rings. The first kappa shape index (κ1) is 18.7. The van der Waals surface area contributed by atoms with Gasteiger partial charge >= 0.3 is 0 Å². The smallest absolute Gasteiger partial charge is 0.220 e. The summed E-state index contributed by atoms with van der Waals surface area (Å²) in [4.78, 5) is 26.4. The quantitative estimate of drug-likeness (QED) is 0.588. The highest BCUT2D eigenvalue weighted by molar-refractivity contribution is 5.97.